The minimum atomic E-state index is 0.365. The van der Waals surface area contributed by atoms with E-state index in [1.807, 2.05) is 4.57 Å². The van der Waals surface area contributed by atoms with Crippen LogP contribution in [-0.4, -0.2) is 27.5 Å². The topological polar surface area (TPSA) is 39.9 Å². The molecule has 0 radical (unpaired) electrons. The molecular weight excluding hydrogens is 202 g/mol. The van der Waals surface area contributed by atoms with E-state index in [0.717, 1.165) is 26.0 Å². The number of hydrogen-bond acceptors (Lipinski definition) is 3. The van der Waals surface area contributed by atoms with Gasteiger partial charge in [0.1, 0.15) is 6.33 Å². The van der Waals surface area contributed by atoms with Gasteiger partial charge in [0.05, 0.1) is 6.10 Å². The van der Waals surface area contributed by atoms with Crippen LogP contribution in [0.2, 0.25) is 5.28 Å². The Morgan fingerprint density at radius 3 is 3.21 bits per heavy atom. The van der Waals surface area contributed by atoms with Gasteiger partial charge in [-0.05, 0) is 37.3 Å². The Bertz CT molecular complexity index is 302. The van der Waals surface area contributed by atoms with Gasteiger partial charge in [-0.3, -0.25) is 0 Å². The number of rotatable bonds is 2. The molecule has 1 aliphatic rings. The monoisotopic (exact) mass is 215 g/mol. The fourth-order valence-corrected chi connectivity index (χ4v) is 2.05. The first-order chi connectivity index (χ1) is 6.75. The first-order valence-electron chi connectivity index (χ1n) is 4.90. The molecule has 2 unspecified atom stereocenters. The third-order valence-corrected chi connectivity index (χ3v) is 2.91. The molecule has 5 heteroatoms. The van der Waals surface area contributed by atoms with Gasteiger partial charge in [-0.25, -0.2) is 0 Å². The standard InChI is InChI=1S/C9H14ClN3O/c1-7-4-8(2-3-14-7)5-13-6-11-12-9(13)10/h6-8H,2-5H2,1H3. The molecule has 2 rings (SSSR count). The van der Waals surface area contributed by atoms with Crippen molar-refractivity contribution in [3.8, 4) is 0 Å². The Hall–Kier alpha value is -0.610. The van der Waals surface area contributed by atoms with Gasteiger partial charge in [0.25, 0.3) is 0 Å². The predicted molar refractivity (Wildman–Crippen MR) is 53.2 cm³/mol. The van der Waals surface area contributed by atoms with Crippen molar-refractivity contribution in [2.45, 2.75) is 32.4 Å². The molecule has 14 heavy (non-hydrogen) atoms. The van der Waals surface area contributed by atoms with Crippen LogP contribution in [-0.2, 0) is 11.3 Å². The third-order valence-electron chi connectivity index (χ3n) is 2.62. The number of aromatic nitrogens is 3. The number of halogens is 1. The molecule has 0 aromatic carbocycles. The summed E-state index contributed by atoms with van der Waals surface area (Å²) < 4.78 is 7.38. The molecule has 1 saturated heterocycles. The second kappa shape index (κ2) is 4.28. The fourth-order valence-electron chi connectivity index (χ4n) is 1.90. The van der Waals surface area contributed by atoms with E-state index >= 15 is 0 Å². The molecule has 2 atom stereocenters. The Morgan fingerprint density at radius 1 is 1.71 bits per heavy atom. The summed E-state index contributed by atoms with van der Waals surface area (Å²) in [6, 6.07) is 0. The van der Waals surface area contributed by atoms with Crippen molar-refractivity contribution in [1.82, 2.24) is 14.8 Å². The van der Waals surface area contributed by atoms with E-state index in [0.29, 0.717) is 17.3 Å². The predicted octanol–water partition coefficient (Wildman–Crippen LogP) is 1.75. The van der Waals surface area contributed by atoms with Gasteiger partial charge < -0.3 is 9.30 Å². The number of nitrogens with zero attached hydrogens (tertiary/aromatic N) is 3. The lowest BCUT2D eigenvalue weighted by Crippen LogP contribution is -2.25. The molecule has 0 spiro atoms. The van der Waals surface area contributed by atoms with Gasteiger partial charge in [0.2, 0.25) is 5.28 Å². The number of ether oxygens (including phenoxy) is 1. The van der Waals surface area contributed by atoms with Crippen LogP contribution < -0.4 is 0 Å². The maximum absolute atomic E-state index is 5.85. The van der Waals surface area contributed by atoms with E-state index in [-0.39, 0.29) is 0 Å². The first-order valence-corrected chi connectivity index (χ1v) is 5.28. The highest BCUT2D eigenvalue weighted by molar-refractivity contribution is 6.28. The van der Waals surface area contributed by atoms with Gasteiger partial charge in [-0.15, -0.1) is 10.2 Å². The van der Waals surface area contributed by atoms with Crippen LogP contribution in [0.1, 0.15) is 19.8 Å². The Balaban J connectivity index is 1.94. The Labute approximate surface area is 88.2 Å². The minimum absolute atomic E-state index is 0.365. The largest absolute Gasteiger partial charge is 0.378 e. The van der Waals surface area contributed by atoms with Crippen molar-refractivity contribution in [1.29, 1.82) is 0 Å². The van der Waals surface area contributed by atoms with E-state index in [4.69, 9.17) is 16.3 Å². The Kier molecular flexibility index (Phi) is 3.03. The van der Waals surface area contributed by atoms with E-state index in [1.165, 1.54) is 0 Å². The highest BCUT2D eigenvalue weighted by Crippen LogP contribution is 2.22. The van der Waals surface area contributed by atoms with Crippen molar-refractivity contribution in [2.75, 3.05) is 6.61 Å². The minimum Gasteiger partial charge on any atom is -0.378 e. The zero-order valence-corrected chi connectivity index (χ0v) is 8.94. The summed E-state index contributed by atoms with van der Waals surface area (Å²) >= 11 is 5.85. The second-order valence-corrected chi connectivity index (χ2v) is 4.16. The van der Waals surface area contributed by atoms with Crippen LogP contribution >= 0.6 is 11.6 Å². The average molecular weight is 216 g/mol. The maximum Gasteiger partial charge on any atom is 0.224 e. The normalized spacial score (nSPS) is 27.9. The second-order valence-electron chi connectivity index (χ2n) is 3.82. The van der Waals surface area contributed by atoms with Gasteiger partial charge >= 0.3 is 0 Å². The molecule has 4 nitrogen and oxygen atoms in total. The molecule has 0 bridgehead atoms. The molecule has 0 saturated carbocycles. The maximum atomic E-state index is 5.85. The van der Waals surface area contributed by atoms with Crippen LogP contribution in [0, 0.1) is 5.92 Å². The van der Waals surface area contributed by atoms with Crippen molar-refractivity contribution >= 4 is 11.6 Å². The zero-order valence-electron chi connectivity index (χ0n) is 8.19. The van der Waals surface area contributed by atoms with Crippen molar-refractivity contribution in [3.05, 3.63) is 11.6 Å². The SMILES string of the molecule is CC1CC(Cn2cnnc2Cl)CCO1. The van der Waals surface area contributed by atoms with Crippen molar-refractivity contribution in [2.24, 2.45) is 5.92 Å². The highest BCUT2D eigenvalue weighted by Gasteiger charge is 2.20. The molecule has 1 aromatic rings. The summed E-state index contributed by atoms with van der Waals surface area (Å²) in [4.78, 5) is 0. The summed E-state index contributed by atoms with van der Waals surface area (Å²) in [6.45, 7) is 3.87. The molecular formula is C9H14ClN3O. The van der Waals surface area contributed by atoms with Crippen LogP contribution in [0.3, 0.4) is 0 Å². The summed E-state index contributed by atoms with van der Waals surface area (Å²) in [5.41, 5.74) is 0. The summed E-state index contributed by atoms with van der Waals surface area (Å²) in [6.07, 6.45) is 4.24. The molecule has 0 aliphatic carbocycles. The highest BCUT2D eigenvalue weighted by atomic mass is 35.5. The molecule has 78 valence electrons. The average Bonchev–Trinajstić information content (AvgIpc) is 2.52. The molecule has 0 N–H and O–H groups in total. The van der Waals surface area contributed by atoms with Gasteiger partial charge in [0, 0.05) is 13.2 Å². The zero-order chi connectivity index (χ0) is 9.97. The molecule has 1 aliphatic heterocycles. The van der Waals surface area contributed by atoms with E-state index in [9.17, 15) is 0 Å². The molecule has 1 aromatic heterocycles. The van der Waals surface area contributed by atoms with Gasteiger partial charge in [-0.2, -0.15) is 0 Å². The quantitative estimate of drug-likeness (QED) is 0.755. The van der Waals surface area contributed by atoms with Crippen LogP contribution in [0.5, 0.6) is 0 Å². The van der Waals surface area contributed by atoms with Crippen molar-refractivity contribution in [3.63, 3.8) is 0 Å². The first kappa shape index (κ1) is 9.93. The molecule has 1 fully saturated rings. The van der Waals surface area contributed by atoms with E-state index in [1.54, 1.807) is 6.33 Å². The summed E-state index contributed by atoms with van der Waals surface area (Å²) in [7, 11) is 0. The van der Waals surface area contributed by atoms with E-state index in [2.05, 4.69) is 17.1 Å². The van der Waals surface area contributed by atoms with Crippen LogP contribution in [0.15, 0.2) is 6.33 Å². The lowest BCUT2D eigenvalue weighted by molar-refractivity contribution is -0.00104. The van der Waals surface area contributed by atoms with Gasteiger partial charge in [-0.1, -0.05) is 0 Å². The van der Waals surface area contributed by atoms with Crippen LogP contribution in [0.4, 0.5) is 0 Å². The van der Waals surface area contributed by atoms with Crippen molar-refractivity contribution < 1.29 is 4.74 Å². The summed E-state index contributed by atoms with van der Waals surface area (Å²) in [5, 5.41) is 7.98. The smallest absolute Gasteiger partial charge is 0.224 e. The lowest BCUT2D eigenvalue weighted by Gasteiger charge is -2.27. The molecule has 0 amide bonds. The fraction of sp³-hybridized carbons (Fsp3) is 0.778. The summed E-state index contributed by atoms with van der Waals surface area (Å²) in [5.74, 6) is 0.632. The molecule has 2 heterocycles. The van der Waals surface area contributed by atoms with Gasteiger partial charge in [0.15, 0.2) is 0 Å². The third kappa shape index (κ3) is 2.25. The van der Waals surface area contributed by atoms with Crippen LogP contribution in [0.25, 0.3) is 0 Å². The van der Waals surface area contributed by atoms with E-state index < -0.39 is 0 Å². The Morgan fingerprint density at radius 2 is 2.57 bits per heavy atom. The number of hydrogen-bond donors (Lipinski definition) is 0. The lowest BCUT2D eigenvalue weighted by atomic mass is 9.96.